The zero-order valence-electron chi connectivity index (χ0n) is 18.5. The second-order valence-corrected chi connectivity index (χ2v) is 8.00. The van der Waals surface area contributed by atoms with Crippen LogP contribution in [0.1, 0.15) is 39.8 Å². The number of hydrogen-bond acceptors (Lipinski definition) is 5. The smallest absolute Gasteiger partial charge is 0.259 e. The van der Waals surface area contributed by atoms with Gasteiger partial charge in [-0.05, 0) is 49.2 Å². The van der Waals surface area contributed by atoms with Crippen LogP contribution in [0.5, 0.6) is 5.75 Å². The number of amides is 2. The number of aromatic nitrogens is 2. The molecule has 0 radical (unpaired) electrons. The fourth-order valence-electron chi connectivity index (χ4n) is 3.89. The van der Waals surface area contributed by atoms with Crippen molar-refractivity contribution in [1.82, 2.24) is 14.9 Å². The zero-order chi connectivity index (χ0) is 23.4. The lowest BCUT2D eigenvalue weighted by Gasteiger charge is -2.17. The third-order valence-electron chi connectivity index (χ3n) is 5.80. The molecule has 1 aliphatic rings. The minimum Gasteiger partial charge on any atom is -0.497 e. The van der Waals surface area contributed by atoms with Gasteiger partial charge in [0.15, 0.2) is 0 Å². The number of carbonyl (C=O) groups excluding carboxylic acids is 2. The molecule has 170 valence electrons. The Kier molecular flexibility index (Phi) is 6.63. The zero-order valence-corrected chi connectivity index (χ0v) is 18.5. The average Bonchev–Trinajstić information content (AvgIpc) is 3.31. The van der Waals surface area contributed by atoms with Gasteiger partial charge in [0.2, 0.25) is 5.91 Å². The van der Waals surface area contributed by atoms with Crippen LogP contribution in [0.3, 0.4) is 0 Å². The van der Waals surface area contributed by atoms with Crippen molar-refractivity contribution in [1.29, 1.82) is 0 Å². The van der Waals surface area contributed by atoms with Crippen LogP contribution in [-0.4, -0.2) is 46.9 Å². The maximum Gasteiger partial charge on any atom is 0.259 e. The van der Waals surface area contributed by atoms with Crippen LogP contribution in [0.4, 0.5) is 10.1 Å². The molecular weight excluding hydrogens is 423 g/mol. The molecule has 1 saturated heterocycles. The summed E-state index contributed by atoms with van der Waals surface area (Å²) in [5, 5.41) is 2.83. The molecule has 1 atom stereocenters. The molecule has 2 heterocycles. The predicted molar refractivity (Wildman–Crippen MR) is 122 cm³/mol. The van der Waals surface area contributed by atoms with Crippen LogP contribution in [-0.2, 0) is 11.2 Å². The highest BCUT2D eigenvalue weighted by atomic mass is 19.1. The summed E-state index contributed by atoms with van der Waals surface area (Å²) >= 11 is 0. The molecule has 1 unspecified atom stereocenters. The van der Waals surface area contributed by atoms with Gasteiger partial charge in [0.1, 0.15) is 17.4 Å². The van der Waals surface area contributed by atoms with Gasteiger partial charge in [-0.15, -0.1) is 0 Å². The van der Waals surface area contributed by atoms with Crippen LogP contribution in [0.15, 0.2) is 54.7 Å². The molecule has 1 aliphatic heterocycles. The van der Waals surface area contributed by atoms with Gasteiger partial charge in [-0.25, -0.2) is 14.4 Å². The summed E-state index contributed by atoms with van der Waals surface area (Å²) < 4.78 is 19.0. The lowest BCUT2D eigenvalue weighted by atomic mass is 10.1. The van der Waals surface area contributed by atoms with Gasteiger partial charge in [-0.2, -0.15) is 0 Å². The van der Waals surface area contributed by atoms with E-state index in [1.54, 1.807) is 61.4 Å². The topological polar surface area (TPSA) is 84.4 Å². The van der Waals surface area contributed by atoms with Gasteiger partial charge in [-0.3, -0.25) is 9.59 Å². The van der Waals surface area contributed by atoms with Gasteiger partial charge in [0.25, 0.3) is 5.91 Å². The Morgan fingerprint density at radius 2 is 1.94 bits per heavy atom. The SMILES string of the molecule is COc1ccc(NC(=O)c2cnc(C3CCN(C(=O)Cc4ccccc4F)C3)nc2C)cc1. The third-order valence-corrected chi connectivity index (χ3v) is 5.80. The number of benzene rings is 2. The largest absolute Gasteiger partial charge is 0.497 e. The number of aryl methyl sites for hydroxylation is 1. The Bertz CT molecular complexity index is 1170. The van der Waals surface area contributed by atoms with Crippen molar-refractivity contribution in [2.45, 2.75) is 25.7 Å². The first kappa shape index (κ1) is 22.4. The van der Waals surface area contributed by atoms with E-state index in [1.807, 2.05) is 0 Å². The first-order chi connectivity index (χ1) is 15.9. The van der Waals surface area contributed by atoms with E-state index in [4.69, 9.17) is 4.74 Å². The van der Waals surface area contributed by atoms with E-state index in [1.165, 1.54) is 12.3 Å². The van der Waals surface area contributed by atoms with E-state index in [-0.39, 0.29) is 30.0 Å². The lowest BCUT2D eigenvalue weighted by Crippen LogP contribution is -2.30. The number of methoxy groups -OCH3 is 1. The number of carbonyl (C=O) groups is 2. The number of rotatable bonds is 6. The summed E-state index contributed by atoms with van der Waals surface area (Å²) in [6, 6.07) is 13.4. The molecule has 7 nitrogen and oxygen atoms in total. The average molecular weight is 448 g/mol. The van der Waals surface area contributed by atoms with Crippen molar-refractivity contribution in [3.63, 3.8) is 0 Å². The number of likely N-dealkylation sites (tertiary alicyclic amines) is 1. The van der Waals surface area contributed by atoms with Crippen LogP contribution >= 0.6 is 0 Å². The predicted octanol–water partition coefficient (Wildman–Crippen LogP) is 3.74. The van der Waals surface area contributed by atoms with Crippen LogP contribution in [0.25, 0.3) is 0 Å². The Morgan fingerprint density at radius 1 is 1.18 bits per heavy atom. The molecule has 1 fully saturated rings. The highest BCUT2D eigenvalue weighted by Crippen LogP contribution is 2.26. The number of halogens is 1. The van der Waals surface area contributed by atoms with Crippen molar-refractivity contribution < 1.29 is 18.7 Å². The molecule has 1 N–H and O–H groups in total. The monoisotopic (exact) mass is 448 g/mol. The maximum atomic E-state index is 13.9. The Labute approximate surface area is 191 Å². The molecule has 0 aliphatic carbocycles. The summed E-state index contributed by atoms with van der Waals surface area (Å²) in [6.07, 6.45) is 2.28. The molecule has 33 heavy (non-hydrogen) atoms. The first-order valence-corrected chi connectivity index (χ1v) is 10.7. The Morgan fingerprint density at radius 3 is 2.64 bits per heavy atom. The van der Waals surface area contributed by atoms with E-state index >= 15 is 0 Å². The number of nitrogens with zero attached hydrogens (tertiary/aromatic N) is 3. The molecule has 4 rings (SSSR count). The van der Waals surface area contributed by atoms with Crippen LogP contribution in [0.2, 0.25) is 0 Å². The fraction of sp³-hybridized carbons (Fsp3) is 0.280. The first-order valence-electron chi connectivity index (χ1n) is 10.7. The summed E-state index contributed by atoms with van der Waals surface area (Å²) in [4.78, 5) is 36.0. The van der Waals surface area contributed by atoms with Gasteiger partial charge in [-0.1, -0.05) is 18.2 Å². The van der Waals surface area contributed by atoms with Crippen molar-refractivity contribution in [3.8, 4) is 5.75 Å². The minimum atomic E-state index is -0.371. The van der Waals surface area contributed by atoms with Gasteiger partial charge >= 0.3 is 0 Å². The minimum absolute atomic E-state index is 0.0213. The molecule has 3 aromatic rings. The molecule has 8 heteroatoms. The second kappa shape index (κ2) is 9.77. The maximum absolute atomic E-state index is 13.9. The number of hydrogen-bond donors (Lipinski definition) is 1. The number of nitrogens with one attached hydrogen (secondary N) is 1. The normalized spacial score (nSPS) is 15.4. The molecular formula is C25H25FN4O3. The highest BCUT2D eigenvalue weighted by Gasteiger charge is 2.30. The molecule has 0 saturated carbocycles. The Balaban J connectivity index is 1.39. The summed E-state index contributed by atoms with van der Waals surface area (Å²) in [5.74, 6) is 0.507. The van der Waals surface area contributed by atoms with E-state index in [0.29, 0.717) is 47.2 Å². The van der Waals surface area contributed by atoms with E-state index in [2.05, 4.69) is 15.3 Å². The fourth-order valence-corrected chi connectivity index (χ4v) is 3.89. The molecule has 2 aromatic carbocycles. The summed E-state index contributed by atoms with van der Waals surface area (Å²) in [5.41, 5.74) is 2.00. The summed E-state index contributed by atoms with van der Waals surface area (Å²) in [7, 11) is 1.58. The van der Waals surface area contributed by atoms with E-state index in [0.717, 1.165) is 6.42 Å². The number of anilines is 1. The van der Waals surface area contributed by atoms with Gasteiger partial charge in [0.05, 0.1) is 24.8 Å². The van der Waals surface area contributed by atoms with Gasteiger partial charge < -0.3 is 15.0 Å². The van der Waals surface area contributed by atoms with Crippen molar-refractivity contribution in [2.75, 3.05) is 25.5 Å². The van der Waals surface area contributed by atoms with Crippen molar-refractivity contribution in [3.05, 3.63) is 83.2 Å². The molecule has 1 aromatic heterocycles. The van der Waals surface area contributed by atoms with Crippen molar-refractivity contribution in [2.24, 2.45) is 0 Å². The highest BCUT2D eigenvalue weighted by molar-refractivity contribution is 6.04. The van der Waals surface area contributed by atoms with E-state index < -0.39 is 0 Å². The van der Waals surface area contributed by atoms with Gasteiger partial charge in [0, 0.05) is 30.9 Å². The molecule has 2 amide bonds. The standard InChI is InChI=1S/C25H25FN4O3/c1-16-21(25(32)29-19-7-9-20(33-2)10-8-19)14-27-24(28-16)18-11-12-30(15-18)23(31)13-17-5-3-4-6-22(17)26/h3-10,14,18H,11-13,15H2,1-2H3,(H,29,32). The summed E-state index contributed by atoms with van der Waals surface area (Å²) in [6.45, 7) is 2.81. The molecule has 0 spiro atoms. The van der Waals surface area contributed by atoms with Crippen molar-refractivity contribution >= 4 is 17.5 Å². The lowest BCUT2D eigenvalue weighted by molar-refractivity contribution is -0.129. The van der Waals surface area contributed by atoms with Crippen LogP contribution in [0, 0.1) is 12.7 Å². The third kappa shape index (κ3) is 5.16. The number of ether oxygens (including phenoxy) is 1. The van der Waals surface area contributed by atoms with Crippen LogP contribution < -0.4 is 10.1 Å². The molecule has 0 bridgehead atoms. The second-order valence-electron chi connectivity index (χ2n) is 8.00. The van der Waals surface area contributed by atoms with E-state index in [9.17, 15) is 14.0 Å². The quantitative estimate of drug-likeness (QED) is 0.621. The Hall–Kier alpha value is -3.81.